The SMILES string of the molecule is CC(C)c1ccccc1-c1ncc2[nH]c(=O)n(Cc3ccc(C#N)cc3)c2n1. The molecule has 2 aromatic heterocycles. The number of aromatic nitrogens is 4. The lowest BCUT2D eigenvalue weighted by Crippen LogP contribution is -2.17. The van der Waals surface area contributed by atoms with E-state index in [9.17, 15) is 4.79 Å². The van der Waals surface area contributed by atoms with Crippen molar-refractivity contribution in [3.63, 3.8) is 0 Å². The summed E-state index contributed by atoms with van der Waals surface area (Å²) in [6.07, 6.45) is 1.66. The van der Waals surface area contributed by atoms with E-state index in [1.807, 2.05) is 30.3 Å². The highest BCUT2D eigenvalue weighted by molar-refractivity contribution is 5.73. The number of nitriles is 1. The summed E-state index contributed by atoms with van der Waals surface area (Å²) >= 11 is 0. The Morgan fingerprint density at radius 3 is 2.61 bits per heavy atom. The highest BCUT2D eigenvalue weighted by Crippen LogP contribution is 2.27. The van der Waals surface area contributed by atoms with E-state index in [1.54, 1.807) is 22.9 Å². The molecule has 0 saturated heterocycles. The highest BCUT2D eigenvalue weighted by Gasteiger charge is 2.14. The third-order valence-electron chi connectivity index (χ3n) is 4.76. The number of H-pyrrole nitrogens is 1. The molecule has 138 valence electrons. The number of hydrogen-bond donors (Lipinski definition) is 1. The zero-order valence-electron chi connectivity index (χ0n) is 15.7. The molecule has 0 fully saturated rings. The molecule has 2 aromatic carbocycles. The molecule has 0 aliphatic carbocycles. The number of aromatic amines is 1. The normalized spacial score (nSPS) is 11.1. The molecule has 0 bridgehead atoms. The zero-order valence-corrected chi connectivity index (χ0v) is 15.7. The van der Waals surface area contributed by atoms with Crippen molar-refractivity contribution in [2.24, 2.45) is 0 Å². The summed E-state index contributed by atoms with van der Waals surface area (Å²) in [5.74, 6) is 0.937. The van der Waals surface area contributed by atoms with Gasteiger partial charge in [0.15, 0.2) is 11.5 Å². The van der Waals surface area contributed by atoms with E-state index in [1.165, 1.54) is 5.56 Å². The van der Waals surface area contributed by atoms with Crippen molar-refractivity contribution < 1.29 is 0 Å². The molecule has 0 aliphatic rings. The molecule has 0 spiro atoms. The van der Waals surface area contributed by atoms with Crippen LogP contribution in [-0.2, 0) is 6.54 Å². The van der Waals surface area contributed by atoms with Crippen LogP contribution >= 0.6 is 0 Å². The maximum absolute atomic E-state index is 12.5. The first-order chi connectivity index (χ1) is 13.6. The summed E-state index contributed by atoms with van der Waals surface area (Å²) in [5.41, 5.74) is 4.58. The third kappa shape index (κ3) is 3.19. The maximum Gasteiger partial charge on any atom is 0.328 e. The van der Waals surface area contributed by atoms with Gasteiger partial charge in [-0.1, -0.05) is 50.2 Å². The first kappa shape index (κ1) is 17.7. The fourth-order valence-corrected chi connectivity index (χ4v) is 3.29. The number of hydrogen-bond acceptors (Lipinski definition) is 4. The predicted molar refractivity (Wildman–Crippen MR) is 108 cm³/mol. The van der Waals surface area contributed by atoms with Gasteiger partial charge in [0.2, 0.25) is 0 Å². The van der Waals surface area contributed by atoms with E-state index in [-0.39, 0.29) is 5.69 Å². The summed E-state index contributed by atoms with van der Waals surface area (Å²) in [4.78, 5) is 24.5. The van der Waals surface area contributed by atoms with Crippen molar-refractivity contribution in [1.29, 1.82) is 5.26 Å². The van der Waals surface area contributed by atoms with Gasteiger partial charge in [-0.25, -0.2) is 14.8 Å². The molecule has 6 heteroatoms. The lowest BCUT2D eigenvalue weighted by Gasteiger charge is -2.11. The molecule has 6 nitrogen and oxygen atoms in total. The van der Waals surface area contributed by atoms with Crippen molar-refractivity contribution in [1.82, 2.24) is 19.5 Å². The van der Waals surface area contributed by atoms with Gasteiger partial charge in [0.1, 0.15) is 5.52 Å². The second kappa shape index (κ2) is 7.12. The Kier molecular flexibility index (Phi) is 4.50. The average Bonchev–Trinajstić information content (AvgIpc) is 3.03. The molecule has 4 aromatic rings. The second-order valence-electron chi connectivity index (χ2n) is 7.00. The van der Waals surface area contributed by atoms with Gasteiger partial charge in [-0.3, -0.25) is 4.57 Å². The quantitative estimate of drug-likeness (QED) is 0.592. The van der Waals surface area contributed by atoms with Crippen LogP contribution in [0.5, 0.6) is 0 Å². The van der Waals surface area contributed by atoms with Gasteiger partial charge in [0, 0.05) is 5.56 Å². The molecule has 1 N–H and O–H groups in total. The molecule has 0 saturated carbocycles. The number of nitrogens with one attached hydrogen (secondary N) is 1. The Morgan fingerprint density at radius 2 is 1.89 bits per heavy atom. The Labute approximate surface area is 162 Å². The van der Waals surface area contributed by atoms with Gasteiger partial charge < -0.3 is 4.98 Å². The first-order valence-corrected chi connectivity index (χ1v) is 9.10. The number of imidazole rings is 1. The molecule has 4 rings (SSSR count). The van der Waals surface area contributed by atoms with Crippen LogP contribution in [0.25, 0.3) is 22.6 Å². The zero-order chi connectivity index (χ0) is 19.7. The molecule has 0 unspecified atom stereocenters. The molecule has 0 aliphatic heterocycles. The molecule has 2 heterocycles. The van der Waals surface area contributed by atoms with E-state index in [2.05, 4.69) is 36.0 Å². The molecular formula is C22H19N5O. The van der Waals surface area contributed by atoms with Crippen LogP contribution in [0.15, 0.2) is 59.5 Å². The standard InChI is InChI=1S/C22H19N5O/c1-14(2)17-5-3-4-6-18(17)20-24-12-19-21(26-20)27(22(28)25-19)13-16-9-7-15(11-23)8-10-16/h3-10,12,14H,13H2,1-2H3,(H,25,28). The Hall–Kier alpha value is -3.72. The van der Waals surface area contributed by atoms with E-state index < -0.39 is 0 Å². The molecule has 0 amide bonds. The van der Waals surface area contributed by atoms with Crippen LogP contribution in [-0.4, -0.2) is 19.5 Å². The highest BCUT2D eigenvalue weighted by atomic mass is 16.1. The fourth-order valence-electron chi connectivity index (χ4n) is 3.29. The summed E-state index contributed by atoms with van der Waals surface area (Å²) in [6.45, 7) is 4.63. The Balaban J connectivity index is 1.81. The van der Waals surface area contributed by atoms with Crippen LogP contribution in [0.4, 0.5) is 0 Å². The molecule has 0 radical (unpaired) electrons. The Bertz CT molecular complexity index is 1240. The van der Waals surface area contributed by atoms with Crippen molar-refractivity contribution in [2.75, 3.05) is 0 Å². The molecule has 0 atom stereocenters. The van der Waals surface area contributed by atoms with Gasteiger partial charge in [-0.15, -0.1) is 0 Å². The van der Waals surface area contributed by atoms with E-state index in [0.717, 1.165) is 11.1 Å². The van der Waals surface area contributed by atoms with Gasteiger partial charge in [-0.05, 0) is 29.2 Å². The van der Waals surface area contributed by atoms with Crippen molar-refractivity contribution in [3.05, 3.63) is 81.9 Å². The largest absolute Gasteiger partial charge is 0.328 e. The molecule has 28 heavy (non-hydrogen) atoms. The smallest absolute Gasteiger partial charge is 0.303 e. The average molecular weight is 369 g/mol. The van der Waals surface area contributed by atoms with Crippen molar-refractivity contribution in [3.8, 4) is 17.5 Å². The minimum absolute atomic E-state index is 0.233. The van der Waals surface area contributed by atoms with Crippen LogP contribution < -0.4 is 5.69 Å². The summed E-state index contributed by atoms with van der Waals surface area (Å²) < 4.78 is 1.60. The summed E-state index contributed by atoms with van der Waals surface area (Å²) in [7, 11) is 0. The topological polar surface area (TPSA) is 87.4 Å². The number of nitrogens with zero attached hydrogens (tertiary/aromatic N) is 4. The minimum atomic E-state index is -0.233. The van der Waals surface area contributed by atoms with Crippen LogP contribution in [0, 0.1) is 11.3 Å². The third-order valence-corrected chi connectivity index (χ3v) is 4.76. The fraction of sp³-hybridized carbons (Fsp3) is 0.182. The van der Waals surface area contributed by atoms with Gasteiger partial charge in [0.25, 0.3) is 0 Å². The monoisotopic (exact) mass is 369 g/mol. The number of rotatable bonds is 4. The van der Waals surface area contributed by atoms with E-state index >= 15 is 0 Å². The van der Waals surface area contributed by atoms with Crippen molar-refractivity contribution >= 4 is 11.2 Å². The van der Waals surface area contributed by atoms with Gasteiger partial charge in [-0.2, -0.15) is 5.26 Å². The summed E-state index contributed by atoms with van der Waals surface area (Å²) in [5, 5.41) is 8.94. The van der Waals surface area contributed by atoms with Crippen LogP contribution in [0.2, 0.25) is 0 Å². The summed E-state index contributed by atoms with van der Waals surface area (Å²) in [6, 6.07) is 17.3. The maximum atomic E-state index is 12.5. The van der Waals surface area contributed by atoms with Gasteiger partial charge in [0.05, 0.1) is 24.4 Å². The lowest BCUT2D eigenvalue weighted by molar-refractivity contribution is 0.777. The first-order valence-electron chi connectivity index (χ1n) is 9.10. The van der Waals surface area contributed by atoms with Crippen molar-refractivity contribution in [2.45, 2.75) is 26.3 Å². The minimum Gasteiger partial charge on any atom is -0.303 e. The van der Waals surface area contributed by atoms with Crippen LogP contribution in [0.1, 0.15) is 36.5 Å². The second-order valence-corrected chi connectivity index (χ2v) is 7.00. The predicted octanol–water partition coefficient (Wildman–Crippen LogP) is 3.83. The number of benzene rings is 2. The van der Waals surface area contributed by atoms with Crippen LogP contribution in [0.3, 0.4) is 0 Å². The van der Waals surface area contributed by atoms with E-state index in [0.29, 0.717) is 35.0 Å². The molecular weight excluding hydrogens is 350 g/mol. The lowest BCUT2D eigenvalue weighted by atomic mass is 9.97. The van der Waals surface area contributed by atoms with Gasteiger partial charge >= 0.3 is 5.69 Å². The Morgan fingerprint density at radius 1 is 1.14 bits per heavy atom. The van der Waals surface area contributed by atoms with E-state index in [4.69, 9.17) is 10.2 Å². The number of fused-ring (bicyclic) bond motifs is 1.